The minimum absolute atomic E-state index is 0.233. The summed E-state index contributed by atoms with van der Waals surface area (Å²) in [7, 11) is 1.69. The number of dihydropyridines is 1. The molecule has 0 spiro atoms. The number of aryl methyl sites for hydroxylation is 1. The van der Waals surface area contributed by atoms with Crippen LogP contribution in [0.1, 0.15) is 35.8 Å². The molecule has 4 aromatic rings. The normalized spacial score (nSPS) is 16.9. The largest absolute Gasteiger partial charge is 0.497 e. The van der Waals surface area contributed by atoms with Gasteiger partial charge in [0.15, 0.2) is 5.82 Å². The maximum Gasteiger partial charge on any atom is 0.163 e. The lowest BCUT2D eigenvalue weighted by atomic mass is 10.0. The molecule has 0 fully saturated rings. The molecule has 1 aliphatic carbocycles. The lowest BCUT2D eigenvalue weighted by molar-refractivity contribution is 0.415. The van der Waals surface area contributed by atoms with Crippen LogP contribution in [0.4, 0.5) is 5.82 Å². The Balaban J connectivity index is 1.47. The number of fused-ring (bicyclic) bond motifs is 2. The van der Waals surface area contributed by atoms with Gasteiger partial charge in [-0.25, -0.2) is 9.97 Å². The highest BCUT2D eigenvalue weighted by atomic mass is 16.5. The van der Waals surface area contributed by atoms with Gasteiger partial charge in [0.05, 0.1) is 18.7 Å². The monoisotopic (exact) mass is 446 g/mol. The van der Waals surface area contributed by atoms with Crippen LogP contribution in [0.2, 0.25) is 0 Å². The maximum atomic E-state index is 5.44. The molecule has 1 atom stereocenters. The number of hydrogen-bond donors (Lipinski definition) is 1. The van der Waals surface area contributed by atoms with E-state index in [1.165, 1.54) is 11.1 Å². The smallest absolute Gasteiger partial charge is 0.163 e. The number of nitrogens with zero attached hydrogens (tertiary/aromatic N) is 3. The SMILES string of the molecule is COc1cccc(-c2ccc3nc(C4=CCCN=C4)nc(NC4CCc5ccccc54)c3c2)c1. The molecule has 3 aromatic carbocycles. The number of aromatic nitrogens is 2. The Bertz CT molecular complexity index is 1440. The zero-order valence-corrected chi connectivity index (χ0v) is 19.2. The molecule has 5 heteroatoms. The van der Waals surface area contributed by atoms with E-state index in [4.69, 9.17) is 14.7 Å². The van der Waals surface area contributed by atoms with Gasteiger partial charge in [0.25, 0.3) is 0 Å². The highest BCUT2D eigenvalue weighted by molar-refractivity contribution is 6.09. The molecule has 168 valence electrons. The number of methoxy groups -OCH3 is 1. The van der Waals surface area contributed by atoms with E-state index < -0.39 is 0 Å². The van der Waals surface area contributed by atoms with Gasteiger partial charge in [-0.15, -0.1) is 0 Å². The Morgan fingerprint density at radius 2 is 1.85 bits per heavy atom. The van der Waals surface area contributed by atoms with Crippen LogP contribution in [0.5, 0.6) is 5.75 Å². The third-order valence-corrected chi connectivity index (χ3v) is 6.65. The standard InChI is InChI=1S/C29H26N4O/c1-34-23-9-4-7-20(16-23)21-12-14-27-25(17-21)29(33-28(31-27)22-8-5-15-30-18-22)32-26-13-11-19-6-2-3-10-24(19)26/h2-4,6-10,12,14,16-18,26H,5,11,13,15H2,1H3,(H,31,32,33). The van der Waals surface area contributed by atoms with Gasteiger partial charge in [-0.2, -0.15) is 0 Å². The van der Waals surface area contributed by atoms with Crippen LogP contribution in [0.25, 0.3) is 27.6 Å². The van der Waals surface area contributed by atoms with Crippen LogP contribution in [0, 0.1) is 0 Å². The van der Waals surface area contributed by atoms with Gasteiger partial charge in [-0.05, 0) is 65.8 Å². The van der Waals surface area contributed by atoms with E-state index in [1.54, 1.807) is 7.11 Å². The molecule has 6 rings (SSSR count). The van der Waals surface area contributed by atoms with E-state index >= 15 is 0 Å². The zero-order valence-electron chi connectivity index (χ0n) is 19.2. The molecule has 0 bridgehead atoms. The average Bonchev–Trinajstić information content (AvgIpc) is 3.31. The van der Waals surface area contributed by atoms with Crippen LogP contribution in [0.3, 0.4) is 0 Å². The lowest BCUT2D eigenvalue weighted by Crippen LogP contribution is -2.11. The number of hydrogen-bond acceptors (Lipinski definition) is 5. The van der Waals surface area contributed by atoms with Crippen LogP contribution < -0.4 is 10.1 Å². The molecule has 0 saturated carbocycles. The summed E-state index contributed by atoms with van der Waals surface area (Å²) in [5.41, 5.74) is 6.89. The summed E-state index contributed by atoms with van der Waals surface area (Å²) >= 11 is 0. The summed E-state index contributed by atoms with van der Waals surface area (Å²) in [6, 6.07) is 23.4. The topological polar surface area (TPSA) is 59.4 Å². The van der Waals surface area contributed by atoms with Crippen molar-refractivity contribution in [3.63, 3.8) is 0 Å². The fraction of sp³-hybridized carbons (Fsp3) is 0.207. The average molecular weight is 447 g/mol. The Morgan fingerprint density at radius 1 is 0.941 bits per heavy atom. The molecule has 1 unspecified atom stereocenters. The summed E-state index contributed by atoms with van der Waals surface area (Å²) in [5, 5.41) is 4.79. The first-order valence-electron chi connectivity index (χ1n) is 11.8. The first-order valence-corrected chi connectivity index (χ1v) is 11.8. The summed E-state index contributed by atoms with van der Waals surface area (Å²) < 4.78 is 5.44. The molecule has 34 heavy (non-hydrogen) atoms. The van der Waals surface area contributed by atoms with Crippen molar-refractivity contribution in [1.29, 1.82) is 0 Å². The molecule has 2 aliphatic rings. The molecular formula is C29H26N4O. The van der Waals surface area contributed by atoms with Gasteiger partial charge in [-0.1, -0.05) is 48.5 Å². The van der Waals surface area contributed by atoms with Gasteiger partial charge >= 0.3 is 0 Å². The van der Waals surface area contributed by atoms with Gasteiger partial charge in [0.1, 0.15) is 11.6 Å². The molecular weight excluding hydrogens is 420 g/mol. The molecule has 1 aliphatic heterocycles. The van der Waals surface area contributed by atoms with E-state index in [0.717, 1.165) is 70.8 Å². The summed E-state index contributed by atoms with van der Waals surface area (Å²) in [5.74, 6) is 2.43. The number of anilines is 1. The number of ether oxygens (including phenoxy) is 1. The predicted molar refractivity (Wildman–Crippen MR) is 139 cm³/mol. The predicted octanol–water partition coefficient (Wildman–Crippen LogP) is 6.26. The molecule has 0 saturated heterocycles. The molecule has 5 nitrogen and oxygen atoms in total. The highest BCUT2D eigenvalue weighted by Gasteiger charge is 2.23. The third-order valence-electron chi connectivity index (χ3n) is 6.65. The summed E-state index contributed by atoms with van der Waals surface area (Å²) in [4.78, 5) is 14.4. The number of allylic oxidation sites excluding steroid dienone is 1. The van der Waals surface area contributed by atoms with E-state index in [0.29, 0.717) is 0 Å². The molecule has 1 N–H and O–H groups in total. The van der Waals surface area contributed by atoms with Crippen LogP contribution in [0.15, 0.2) is 77.8 Å². The van der Waals surface area contributed by atoms with Crippen molar-refractivity contribution in [3.05, 3.63) is 89.8 Å². The van der Waals surface area contributed by atoms with E-state index in [-0.39, 0.29) is 6.04 Å². The van der Waals surface area contributed by atoms with E-state index in [2.05, 4.69) is 71.0 Å². The molecule has 1 aromatic heterocycles. The second-order valence-electron chi connectivity index (χ2n) is 8.78. The van der Waals surface area contributed by atoms with Crippen molar-refractivity contribution in [2.24, 2.45) is 4.99 Å². The highest BCUT2D eigenvalue weighted by Crippen LogP contribution is 2.36. The number of nitrogens with one attached hydrogen (secondary N) is 1. The Hall–Kier alpha value is -3.99. The van der Waals surface area contributed by atoms with Crippen molar-refractivity contribution in [2.45, 2.75) is 25.3 Å². The fourth-order valence-corrected chi connectivity index (χ4v) is 4.88. The van der Waals surface area contributed by atoms with Crippen molar-refractivity contribution < 1.29 is 4.74 Å². The first kappa shape index (κ1) is 20.6. The zero-order chi connectivity index (χ0) is 22.9. The maximum absolute atomic E-state index is 5.44. The molecule has 2 heterocycles. The molecule has 0 radical (unpaired) electrons. The van der Waals surface area contributed by atoms with Crippen LogP contribution in [-0.2, 0) is 6.42 Å². The van der Waals surface area contributed by atoms with Crippen molar-refractivity contribution in [2.75, 3.05) is 19.0 Å². The van der Waals surface area contributed by atoms with Crippen molar-refractivity contribution >= 4 is 28.5 Å². The Labute approximate surface area is 199 Å². The van der Waals surface area contributed by atoms with Gasteiger partial charge in [0, 0.05) is 23.7 Å². The minimum Gasteiger partial charge on any atom is -0.497 e. The quantitative estimate of drug-likeness (QED) is 0.393. The van der Waals surface area contributed by atoms with Crippen LogP contribution >= 0.6 is 0 Å². The van der Waals surface area contributed by atoms with E-state index in [9.17, 15) is 0 Å². The number of benzene rings is 3. The minimum atomic E-state index is 0.233. The van der Waals surface area contributed by atoms with Gasteiger partial charge < -0.3 is 10.1 Å². The number of aliphatic imine (C=N–C) groups is 1. The number of rotatable bonds is 5. The van der Waals surface area contributed by atoms with Gasteiger partial charge in [-0.3, -0.25) is 4.99 Å². The first-order chi connectivity index (χ1) is 16.8. The van der Waals surface area contributed by atoms with Crippen molar-refractivity contribution in [1.82, 2.24) is 9.97 Å². The fourth-order valence-electron chi connectivity index (χ4n) is 4.88. The Kier molecular flexibility index (Phi) is 5.30. The van der Waals surface area contributed by atoms with Crippen molar-refractivity contribution in [3.8, 4) is 16.9 Å². The summed E-state index contributed by atoms with van der Waals surface area (Å²) in [6.07, 6.45) is 7.12. The lowest BCUT2D eigenvalue weighted by Gasteiger charge is -2.18. The summed E-state index contributed by atoms with van der Waals surface area (Å²) in [6.45, 7) is 0.824. The van der Waals surface area contributed by atoms with Gasteiger partial charge in [0.2, 0.25) is 0 Å². The second-order valence-corrected chi connectivity index (χ2v) is 8.78. The van der Waals surface area contributed by atoms with Crippen LogP contribution in [-0.4, -0.2) is 29.8 Å². The van der Waals surface area contributed by atoms with E-state index in [1.807, 2.05) is 18.3 Å². The molecule has 0 amide bonds. The Morgan fingerprint density at radius 3 is 2.74 bits per heavy atom. The third kappa shape index (κ3) is 3.83. The second kappa shape index (κ2) is 8.75.